The molecule has 20 heavy (non-hydrogen) atoms. The first-order valence-corrected chi connectivity index (χ1v) is 9.48. The van der Waals surface area contributed by atoms with Crippen LogP contribution in [0, 0.1) is 6.92 Å². The van der Waals surface area contributed by atoms with Gasteiger partial charge in [0.1, 0.15) is 0 Å². The van der Waals surface area contributed by atoms with E-state index in [4.69, 9.17) is 6.64 Å². The molecule has 0 saturated carbocycles. The topological polar surface area (TPSA) is 18.5 Å². The van der Waals surface area contributed by atoms with Crippen LogP contribution in [0.25, 0.3) is 0 Å². The zero-order valence-electron chi connectivity index (χ0n) is 14.2. The van der Waals surface area contributed by atoms with Gasteiger partial charge in [-0.2, -0.15) is 0 Å². The Balaban J connectivity index is 3.24. The number of hydrogen-bond acceptors (Lipinski definition) is 2. The third-order valence-electron chi connectivity index (χ3n) is 2.89. The van der Waals surface area contributed by atoms with Crippen molar-refractivity contribution in [2.75, 3.05) is 0 Å². The minimum absolute atomic E-state index is 0.111. The Morgan fingerprint density at radius 2 is 1.45 bits per heavy atom. The molecule has 0 aliphatic carbocycles. The van der Waals surface area contributed by atoms with Gasteiger partial charge in [-0.3, -0.25) is 0 Å². The van der Waals surface area contributed by atoms with Crippen LogP contribution in [0.15, 0.2) is 18.2 Å². The SMILES string of the molecule is Cc1cc[c]([Ti]([O]C(C)C)[O]C(C)C)c(C(C)(C)C)c1. The molecule has 0 fully saturated rings. The average molecular weight is 313 g/mol. The van der Waals surface area contributed by atoms with Gasteiger partial charge in [0, 0.05) is 0 Å². The summed E-state index contributed by atoms with van der Waals surface area (Å²) in [5.41, 5.74) is 2.78. The van der Waals surface area contributed by atoms with Gasteiger partial charge in [-0.1, -0.05) is 0 Å². The molecule has 0 aliphatic rings. The molecule has 0 unspecified atom stereocenters. The first-order valence-electron chi connectivity index (χ1n) is 7.43. The molecule has 0 amide bonds. The zero-order chi connectivity index (χ0) is 15.5. The van der Waals surface area contributed by atoms with Gasteiger partial charge >= 0.3 is 131 Å². The van der Waals surface area contributed by atoms with Crippen molar-refractivity contribution in [3.8, 4) is 0 Å². The van der Waals surface area contributed by atoms with Crippen LogP contribution in [0.1, 0.15) is 59.6 Å². The molecule has 3 heteroatoms. The van der Waals surface area contributed by atoms with Crippen LogP contribution in [0.3, 0.4) is 0 Å². The van der Waals surface area contributed by atoms with Crippen molar-refractivity contribution in [1.82, 2.24) is 0 Å². The van der Waals surface area contributed by atoms with Gasteiger partial charge in [0.25, 0.3) is 0 Å². The van der Waals surface area contributed by atoms with Crippen molar-refractivity contribution in [3.05, 3.63) is 29.3 Å². The summed E-state index contributed by atoms with van der Waals surface area (Å²) < 4.78 is 13.6. The van der Waals surface area contributed by atoms with E-state index in [1.165, 1.54) is 15.0 Å². The monoisotopic (exact) mass is 313 g/mol. The number of aryl methyl sites for hydroxylation is 1. The fourth-order valence-corrected chi connectivity index (χ4v) is 5.24. The van der Waals surface area contributed by atoms with Crippen molar-refractivity contribution in [1.29, 1.82) is 0 Å². The summed E-state index contributed by atoms with van der Waals surface area (Å²) in [6.07, 6.45) is 0.413. The predicted octanol–water partition coefficient (Wildman–Crippen LogP) is 4.22. The van der Waals surface area contributed by atoms with Crippen molar-refractivity contribution in [2.24, 2.45) is 0 Å². The second kappa shape index (κ2) is 7.22. The van der Waals surface area contributed by atoms with Crippen LogP contribution in [0.2, 0.25) is 0 Å². The van der Waals surface area contributed by atoms with E-state index in [9.17, 15) is 0 Å². The minimum atomic E-state index is -2.18. The summed E-state index contributed by atoms with van der Waals surface area (Å²) in [6.45, 7) is 17.3. The summed E-state index contributed by atoms with van der Waals surface area (Å²) in [5, 5.41) is 0. The standard InChI is InChI=1S/C11H15.2C3H7O.Ti/c1-9-6-5-7-10(8-9)11(2,3)4;2*1-3(2)4;/h5-6,8H,1-4H3;2*3H,1-2H3;/q;2*-1;+2. The van der Waals surface area contributed by atoms with Crippen LogP contribution in [-0.4, -0.2) is 12.2 Å². The fraction of sp³-hybridized carbons (Fsp3) is 0.647. The summed E-state index contributed by atoms with van der Waals surface area (Å²) in [6, 6.07) is 6.68. The third-order valence-corrected chi connectivity index (χ3v) is 6.40. The van der Waals surface area contributed by atoms with E-state index in [2.05, 4.69) is 73.6 Å². The molecule has 1 rings (SSSR count). The molecule has 113 valence electrons. The molecule has 0 aromatic heterocycles. The van der Waals surface area contributed by atoms with Crippen LogP contribution >= 0.6 is 0 Å². The van der Waals surface area contributed by atoms with Gasteiger partial charge in [-0.15, -0.1) is 0 Å². The molecule has 0 spiro atoms. The summed E-state index contributed by atoms with van der Waals surface area (Å²) in [4.78, 5) is 0. The Morgan fingerprint density at radius 3 is 1.85 bits per heavy atom. The fourth-order valence-electron chi connectivity index (χ4n) is 2.04. The molecular weight excluding hydrogens is 284 g/mol. The van der Waals surface area contributed by atoms with Crippen molar-refractivity contribution < 1.29 is 25.3 Å². The Kier molecular flexibility index (Phi) is 6.46. The molecule has 0 bridgehead atoms. The molecule has 0 saturated heterocycles. The van der Waals surface area contributed by atoms with Gasteiger partial charge < -0.3 is 0 Å². The van der Waals surface area contributed by atoms with E-state index in [-0.39, 0.29) is 17.6 Å². The summed E-state index contributed by atoms with van der Waals surface area (Å²) >= 11 is -2.18. The Bertz CT molecular complexity index is 423. The van der Waals surface area contributed by atoms with Crippen molar-refractivity contribution in [3.63, 3.8) is 0 Å². The van der Waals surface area contributed by atoms with Crippen LogP contribution in [-0.2, 0) is 30.7 Å². The molecule has 0 atom stereocenters. The van der Waals surface area contributed by atoms with Gasteiger partial charge in [0.05, 0.1) is 0 Å². The second-order valence-electron chi connectivity index (χ2n) is 6.92. The molecule has 0 heterocycles. The Labute approximate surface area is 131 Å². The van der Waals surface area contributed by atoms with Crippen LogP contribution in [0.4, 0.5) is 0 Å². The van der Waals surface area contributed by atoms with Crippen LogP contribution in [0.5, 0.6) is 0 Å². The molecule has 2 nitrogen and oxygen atoms in total. The van der Waals surface area contributed by atoms with E-state index in [0.717, 1.165) is 0 Å². The van der Waals surface area contributed by atoms with E-state index >= 15 is 0 Å². The number of benzene rings is 1. The van der Waals surface area contributed by atoms with Crippen molar-refractivity contribution >= 4 is 3.87 Å². The Hall–Kier alpha value is -0.146. The van der Waals surface area contributed by atoms with Gasteiger partial charge in [-0.05, 0) is 0 Å². The number of rotatable bonds is 5. The van der Waals surface area contributed by atoms with Crippen molar-refractivity contribution in [2.45, 2.75) is 73.0 Å². The first kappa shape index (κ1) is 17.9. The van der Waals surface area contributed by atoms with Gasteiger partial charge in [0.2, 0.25) is 0 Å². The zero-order valence-corrected chi connectivity index (χ0v) is 15.8. The van der Waals surface area contributed by atoms with E-state index < -0.39 is 18.6 Å². The normalized spacial score (nSPS) is 12.3. The molecule has 0 radical (unpaired) electrons. The van der Waals surface area contributed by atoms with Gasteiger partial charge in [0.15, 0.2) is 0 Å². The first-order chi connectivity index (χ1) is 9.11. The van der Waals surface area contributed by atoms with E-state index in [1.54, 1.807) is 0 Å². The third kappa shape index (κ3) is 5.33. The summed E-state index contributed by atoms with van der Waals surface area (Å²) in [5.74, 6) is 0. The molecular formula is C17H29O2Ti. The van der Waals surface area contributed by atoms with E-state index in [1.807, 2.05) is 0 Å². The molecule has 0 N–H and O–H groups in total. The maximum atomic E-state index is 6.17. The second-order valence-corrected chi connectivity index (χ2v) is 9.39. The average Bonchev–Trinajstić information content (AvgIpc) is 2.25. The van der Waals surface area contributed by atoms with E-state index in [0.29, 0.717) is 0 Å². The summed E-state index contributed by atoms with van der Waals surface area (Å²) in [7, 11) is 0. The molecule has 0 aliphatic heterocycles. The quantitative estimate of drug-likeness (QED) is 0.758. The number of hydrogen-bond donors (Lipinski definition) is 0. The maximum absolute atomic E-state index is 6.17. The van der Waals surface area contributed by atoms with Crippen LogP contribution < -0.4 is 3.87 Å². The molecule has 1 aromatic carbocycles. The molecule has 1 aromatic rings. The predicted molar refractivity (Wildman–Crippen MR) is 82.0 cm³/mol. The Morgan fingerprint density at radius 1 is 0.950 bits per heavy atom. The van der Waals surface area contributed by atoms with Gasteiger partial charge in [-0.25, -0.2) is 0 Å².